The molecule has 326 valence electrons. The largest absolute Gasteiger partial charge is 0.452 e. The lowest BCUT2D eigenvalue weighted by molar-refractivity contribution is -0.174. The summed E-state index contributed by atoms with van der Waals surface area (Å²) in [5.41, 5.74) is 1.21. The van der Waals surface area contributed by atoms with E-state index >= 15 is 0 Å². The van der Waals surface area contributed by atoms with E-state index in [2.05, 4.69) is 51.0 Å². The highest BCUT2D eigenvalue weighted by molar-refractivity contribution is 7.10. The van der Waals surface area contributed by atoms with Gasteiger partial charge < -0.3 is 29.7 Å². The van der Waals surface area contributed by atoms with Crippen LogP contribution in [0.3, 0.4) is 0 Å². The number of fused-ring (bicyclic) bond motifs is 10. The van der Waals surface area contributed by atoms with Crippen LogP contribution >= 0.6 is 9.47 Å². The van der Waals surface area contributed by atoms with Gasteiger partial charge in [-0.1, -0.05) is 41.5 Å². The first-order valence-electron chi connectivity index (χ1n) is 24.0. The van der Waals surface area contributed by atoms with Gasteiger partial charge in [-0.3, -0.25) is 4.79 Å². The third kappa shape index (κ3) is 7.90. The fourth-order valence-corrected chi connectivity index (χ4v) is 17.7. The number of carbonyl (C=O) groups excluding carboxylic acids is 2. The van der Waals surface area contributed by atoms with E-state index in [4.69, 9.17) is 4.52 Å². The molecule has 0 heterocycles. The number of rotatable bonds is 8. The standard InChI is InChI=1S/C25H42O3.C24H41O4P/c1-15(5-6-16(2)26)19-7-8-20-23-21(10-12-25(19,20)4)24(3)11-9-18(27)13-17(24)14-22(23)28;1-14(4-7-21(27)28-29)17-5-6-18-22-19(9-11-24(17,18)3)23(2)10-8-16(25)12-15(23)13-20(22)26/h15,17-23,27-28H,5-14H2,1-4H3;14-20,22,25-26H,4-13,29H2,1-3H3/t15-,17+,18-,19-,20?,21?,22+,23?,24+,25-;14-,15+,16-,17-,18?,19?,20+,22?,23+,24-/m11/s1. The van der Waals surface area contributed by atoms with Crippen molar-refractivity contribution in [3.8, 4) is 0 Å². The Morgan fingerprint density at radius 2 is 0.965 bits per heavy atom. The summed E-state index contributed by atoms with van der Waals surface area (Å²) in [6.07, 6.45) is 20.0. The molecule has 7 unspecified atom stereocenters. The van der Waals surface area contributed by atoms with Crippen LogP contribution < -0.4 is 0 Å². The lowest BCUT2D eigenvalue weighted by Gasteiger charge is -2.62. The third-order valence-corrected chi connectivity index (χ3v) is 21.0. The number of aliphatic hydroxyl groups is 4. The van der Waals surface area contributed by atoms with E-state index in [1.807, 2.05) is 0 Å². The Labute approximate surface area is 348 Å². The predicted octanol–water partition coefficient (Wildman–Crippen LogP) is 9.71. The van der Waals surface area contributed by atoms with Gasteiger partial charge in [0.2, 0.25) is 0 Å². The molecule has 0 saturated heterocycles. The van der Waals surface area contributed by atoms with Crippen LogP contribution in [0.1, 0.15) is 177 Å². The average molecular weight is 815 g/mol. The maximum absolute atomic E-state index is 11.6. The summed E-state index contributed by atoms with van der Waals surface area (Å²) in [6, 6.07) is 0. The topological polar surface area (TPSA) is 124 Å². The van der Waals surface area contributed by atoms with Crippen molar-refractivity contribution in [3.05, 3.63) is 0 Å². The molecule has 0 radical (unpaired) electrons. The van der Waals surface area contributed by atoms with Gasteiger partial charge in [0.15, 0.2) is 0 Å². The number of aliphatic hydroxyl groups excluding tert-OH is 4. The van der Waals surface area contributed by atoms with Crippen molar-refractivity contribution in [1.29, 1.82) is 0 Å². The number of carbonyl (C=O) groups is 2. The van der Waals surface area contributed by atoms with Gasteiger partial charge in [-0.2, -0.15) is 0 Å². The van der Waals surface area contributed by atoms with Crippen LogP contribution in [0, 0.1) is 92.7 Å². The second-order valence-corrected chi connectivity index (χ2v) is 23.4. The van der Waals surface area contributed by atoms with Crippen molar-refractivity contribution >= 4 is 21.2 Å². The minimum atomic E-state index is -0.214. The Balaban J connectivity index is 0.000000174. The first-order chi connectivity index (χ1) is 26.9. The Morgan fingerprint density at radius 3 is 1.37 bits per heavy atom. The quantitative estimate of drug-likeness (QED) is 0.180. The highest BCUT2D eigenvalue weighted by atomic mass is 31.0. The zero-order valence-electron chi connectivity index (χ0n) is 37.0. The van der Waals surface area contributed by atoms with Crippen LogP contribution in [0.15, 0.2) is 0 Å². The highest BCUT2D eigenvalue weighted by Crippen LogP contribution is 2.70. The van der Waals surface area contributed by atoms with Gasteiger partial charge in [-0.15, -0.1) is 0 Å². The molecule has 8 saturated carbocycles. The molecule has 8 rings (SSSR count). The van der Waals surface area contributed by atoms with Crippen molar-refractivity contribution in [2.24, 2.45) is 92.7 Å². The van der Waals surface area contributed by atoms with E-state index < -0.39 is 0 Å². The van der Waals surface area contributed by atoms with Gasteiger partial charge in [0.1, 0.15) is 5.78 Å². The molecular weight excluding hydrogens is 732 g/mol. The van der Waals surface area contributed by atoms with Crippen molar-refractivity contribution in [3.63, 3.8) is 0 Å². The zero-order chi connectivity index (χ0) is 41.2. The SMILES string of the molecule is CC(=O)CC[C@@H](C)[C@H]1CCC2C3C(CC[C@@]21C)[C@@]1(C)CC[C@@H](O)C[C@H]1C[C@@H]3O.C[C@H](CCC(=O)OP)[C@H]1CCC2C3C(CC[C@@]21C)[C@@]1(C)CC[C@@H](O)C[C@H]1C[C@@H]3O. The van der Waals surface area contributed by atoms with E-state index in [0.717, 1.165) is 70.6 Å². The second kappa shape index (κ2) is 16.9. The molecular formula is C49H83O7P. The normalized spacial score (nSPS) is 50.9. The van der Waals surface area contributed by atoms with E-state index in [-0.39, 0.29) is 41.2 Å². The monoisotopic (exact) mass is 815 g/mol. The Kier molecular flexibility index (Phi) is 13.2. The summed E-state index contributed by atoms with van der Waals surface area (Å²) in [7, 11) is 2.07. The first kappa shape index (κ1) is 44.5. The molecule has 0 bridgehead atoms. The molecule has 8 aliphatic carbocycles. The van der Waals surface area contributed by atoms with Gasteiger partial charge in [0.25, 0.3) is 0 Å². The summed E-state index contributed by atoms with van der Waals surface area (Å²) in [5, 5.41) is 43.0. The predicted molar refractivity (Wildman–Crippen MR) is 229 cm³/mol. The molecule has 0 amide bonds. The van der Waals surface area contributed by atoms with Crippen molar-refractivity contribution in [2.45, 2.75) is 201 Å². The Bertz CT molecular complexity index is 1440. The first-order valence-corrected chi connectivity index (χ1v) is 24.5. The molecule has 8 aliphatic rings. The van der Waals surface area contributed by atoms with Crippen molar-refractivity contribution in [2.75, 3.05) is 0 Å². The van der Waals surface area contributed by atoms with Crippen LogP contribution in [-0.4, -0.2) is 56.6 Å². The second-order valence-electron chi connectivity index (χ2n) is 23.1. The van der Waals surface area contributed by atoms with Crippen LogP contribution in [0.5, 0.6) is 0 Å². The minimum absolute atomic E-state index is 0.133. The minimum Gasteiger partial charge on any atom is -0.452 e. The molecule has 0 spiro atoms. The van der Waals surface area contributed by atoms with Crippen molar-refractivity contribution in [1.82, 2.24) is 0 Å². The van der Waals surface area contributed by atoms with Crippen molar-refractivity contribution < 1.29 is 34.5 Å². The van der Waals surface area contributed by atoms with Crippen LogP contribution in [0.4, 0.5) is 0 Å². The van der Waals surface area contributed by atoms with E-state index in [0.29, 0.717) is 94.0 Å². The molecule has 0 aromatic heterocycles. The molecule has 57 heavy (non-hydrogen) atoms. The molecule has 0 aromatic carbocycles. The molecule has 0 aromatic rings. The van der Waals surface area contributed by atoms with Gasteiger partial charge in [0, 0.05) is 12.8 Å². The lowest BCUT2D eigenvalue weighted by Crippen LogP contribution is -2.58. The number of hydrogen-bond donors (Lipinski definition) is 4. The zero-order valence-corrected chi connectivity index (χ0v) is 38.1. The maximum Gasteiger partial charge on any atom is 0.307 e. The molecule has 4 N–H and O–H groups in total. The highest BCUT2D eigenvalue weighted by Gasteiger charge is 2.64. The number of hydrogen-bond acceptors (Lipinski definition) is 7. The van der Waals surface area contributed by atoms with E-state index in [1.165, 1.54) is 51.4 Å². The Morgan fingerprint density at radius 1 is 0.579 bits per heavy atom. The van der Waals surface area contributed by atoms with Gasteiger partial charge in [0.05, 0.1) is 33.9 Å². The fraction of sp³-hybridized carbons (Fsp3) is 0.959. The summed E-state index contributed by atoms with van der Waals surface area (Å²) < 4.78 is 4.78. The lowest BCUT2D eigenvalue weighted by atomic mass is 9.43. The number of ketones is 1. The molecule has 21 atom stereocenters. The average Bonchev–Trinajstić information content (AvgIpc) is 3.71. The van der Waals surface area contributed by atoms with Crippen LogP contribution in [0.2, 0.25) is 0 Å². The molecule has 8 fully saturated rings. The summed E-state index contributed by atoms with van der Waals surface area (Å²) >= 11 is 0. The van der Waals surface area contributed by atoms with E-state index in [9.17, 15) is 30.0 Å². The molecule has 0 aliphatic heterocycles. The van der Waals surface area contributed by atoms with Crippen LogP contribution in [0.25, 0.3) is 0 Å². The van der Waals surface area contributed by atoms with E-state index in [1.54, 1.807) is 6.92 Å². The summed E-state index contributed by atoms with van der Waals surface area (Å²) in [5.74, 6) is 6.91. The van der Waals surface area contributed by atoms with Gasteiger partial charge in [-0.05, 0) is 215 Å². The molecule has 7 nitrogen and oxygen atoms in total. The third-order valence-electron chi connectivity index (χ3n) is 20.7. The van der Waals surface area contributed by atoms with Crippen LogP contribution in [-0.2, 0) is 14.1 Å². The Hall–Kier alpha value is -0.590. The summed E-state index contributed by atoms with van der Waals surface area (Å²) in [6.45, 7) is 16.4. The fourth-order valence-electron chi connectivity index (χ4n) is 17.6. The summed E-state index contributed by atoms with van der Waals surface area (Å²) in [4.78, 5) is 23.1. The number of Topliss-reactive ketones (excluding diaryl/α,β-unsaturated/α-hetero) is 1. The maximum atomic E-state index is 11.6. The van der Waals surface area contributed by atoms with Gasteiger partial charge in [-0.25, -0.2) is 0 Å². The molecule has 8 heteroatoms. The smallest absolute Gasteiger partial charge is 0.307 e. The van der Waals surface area contributed by atoms with Gasteiger partial charge >= 0.3 is 5.97 Å².